The molecule has 0 fully saturated rings. The molecule has 0 radical (unpaired) electrons. The fourth-order valence-corrected chi connectivity index (χ4v) is 2.67. The quantitative estimate of drug-likeness (QED) is 0.728. The monoisotopic (exact) mass is 299 g/mol. The molecule has 3 heteroatoms. The van der Waals surface area contributed by atoms with E-state index < -0.39 is 0 Å². The molecule has 1 heterocycles. The highest BCUT2D eigenvalue weighted by Crippen LogP contribution is 2.26. The van der Waals surface area contributed by atoms with Crippen molar-refractivity contribution in [2.45, 2.75) is 5.33 Å². The Morgan fingerprint density at radius 2 is 2.00 bits per heavy atom. The number of nitrogens with zero attached hydrogens (tertiary/aromatic N) is 1. The van der Waals surface area contributed by atoms with Crippen molar-refractivity contribution < 1.29 is 0 Å². The summed E-state index contributed by atoms with van der Waals surface area (Å²) < 4.78 is 1.09. The number of fused-ring (bicyclic) bond motifs is 1. The van der Waals surface area contributed by atoms with Gasteiger partial charge in [0.1, 0.15) is 0 Å². The first kappa shape index (κ1) is 9.16. The minimum atomic E-state index is 0.776. The minimum absolute atomic E-state index is 0.776. The molecule has 1 nitrogen and oxygen atoms in total. The smallest absolute Gasteiger partial charge is 0.0657 e. The van der Waals surface area contributed by atoms with Crippen molar-refractivity contribution in [2.75, 3.05) is 0 Å². The van der Waals surface area contributed by atoms with Crippen LogP contribution in [0.2, 0.25) is 0 Å². The average Bonchev–Trinajstić information content (AvgIpc) is 2.19. The van der Waals surface area contributed by atoms with Crippen molar-refractivity contribution in [1.29, 1.82) is 0 Å². The third kappa shape index (κ3) is 1.63. The minimum Gasteiger partial charge on any atom is -0.259 e. The van der Waals surface area contributed by atoms with Crippen molar-refractivity contribution >= 4 is 42.6 Å². The zero-order chi connectivity index (χ0) is 9.26. The van der Waals surface area contributed by atoms with Crippen LogP contribution < -0.4 is 0 Å². The molecule has 0 bridgehead atoms. The van der Waals surface area contributed by atoms with Gasteiger partial charge in [-0.2, -0.15) is 0 Å². The van der Waals surface area contributed by atoms with Crippen molar-refractivity contribution in [2.24, 2.45) is 0 Å². The molecule has 0 saturated carbocycles. The van der Waals surface area contributed by atoms with Crippen molar-refractivity contribution in [3.05, 3.63) is 40.6 Å². The second-order valence-electron chi connectivity index (χ2n) is 2.74. The third-order valence-corrected chi connectivity index (χ3v) is 3.35. The van der Waals surface area contributed by atoms with Gasteiger partial charge in [-0.15, -0.1) is 0 Å². The van der Waals surface area contributed by atoms with Crippen LogP contribution in [-0.4, -0.2) is 4.98 Å². The van der Waals surface area contributed by atoms with Gasteiger partial charge in [0.05, 0.1) is 5.69 Å². The first-order chi connectivity index (χ1) is 6.33. The molecule has 1 aromatic carbocycles. The van der Waals surface area contributed by atoms with E-state index in [1.807, 2.05) is 18.3 Å². The maximum atomic E-state index is 4.33. The van der Waals surface area contributed by atoms with Gasteiger partial charge < -0.3 is 0 Å². The van der Waals surface area contributed by atoms with E-state index in [1.54, 1.807) is 0 Å². The number of halogens is 2. The zero-order valence-corrected chi connectivity index (χ0v) is 9.97. The molecule has 13 heavy (non-hydrogen) atoms. The van der Waals surface area contributed by atoms with Gasteiger partial charge in [-0.05, 0) is 21.3 Å². The van der Waals surface area contributed by atoms with Crippen LogP contribution in [0.4, 0.5) is 0 Å². The summed E-state index contributed by atoms with van der Waals surface area (Å²) >= 11 is 6.95. The summed E-state index contributed by atoms with van der Waals surface area (Å²) in [5.74, 6) is 0. The van der Waals surface area contributed by atoms with Gasteiger partial charge in [0.2, 0.25) is 0 Å². The molecule has 0 spiro atoms. The van der Waals surface area contributed by atoms with Gasteiger partial charge in [0.15, 0.2) is 0 Å². The Bertz CT molecular complexity index is 440. The average molecular weight is 301 g/mol. The van der Waals surface area contributed by atoms with E-state index in [0.29, 0.717) is 0 Å². The number of aromatic nitrogens is 1. The Morgan fingerprint density at radius 3 is 2.77 bits per heavy atom. The van der Waals surface area contributed by atoms with Crippen molar-refractivity contribution in [1.82, 2.24) is 4.98 Å². The highest BCUT2D eigenvalue weighted by Gasteiger charge is 2.03. The van der Waals surface area contributed by atoms with Crippen LogP contribution in [0.15, 0.2) is 34.9 Å². The van der Waals surface area contributed by atoms with E-state index in [9.17, 15) is 0 Å². The van der Waals surface area contributed by atoms with Crippen LogP contribution in [0, 0.1) is 0 Å². The molecule has 2 aromatic rings. The largest absolute Gasteiger partial charge is 0.259 e. The highest BCUT2D eigenvalue weighted by atomic mass is 79.9. The van der Waals surface area contributed by atoms with Gasteiger partial charge in [-0.3, -0.25) is 4.98 Å². The lowest BCUT2D eigenvalue weighted by molar-refractivity contribution is 1.19. The first-order valence-electron chi connectivity index (χ1n) is 3.91. The van der Waals surface area contributed by atoms with Gasteiger partial charge in [-0.1, -0.05) is 40.2 Å². The van der Waals surface area contributed by atoms with Crippen LogP contribution in [0.5, 0.6) is 0 Å². The van der Waals surface area contributed by atoms with Gasteiger partial charge in [-0.25, -0.2) is 0 Å². The predicted molar refractivity (Wildman–Crippen MR) is 62.1 cm³/mol. The number of pyridine rings is 1. The number of alkyl halides is 1. The summed E-state index contributed by atoms with van der Waals surface area (Å²) in [5, 5.41) is 3.16. The Balaban J connectivity index is 2.79. The molecule has 0 N–H and O–H groups in total. The normalized spacial score (nSPS) is 10.6. The lowest BCUT2D eigenvalue weighted by Gasteiger charge is -2.03. The molecule has 2 rings (SSSR count). The third-order valence-electron chi connectivity index (χ3n) is 1.94. The zero-order valence-electron chi connectivity index (χ0n) is 6.80. The standard InChI is InChI=1S/C10H7Br2N/c11-5-9-10(12)8-4-2-1-3-7(8)6-13-9/h1-4,6H,5H2. The van der Waals surface area contributed by atoms with Crippen molar-refractivity contribution in [3.63, 3.8) is 0 Å². The molecule has 66 valence electrons. The Kier molecular flexibility index (Phi) is 2.65. The predicted octanol–water partition coefficient (Wildman–Crippen LogP) is 3.89. The summed E-state index contributed by atoms with van der Waals surface area (Å²) in [5.41, 5.74) is 1.04. The summed E-state index contributed by atoms with van der Waals surface area (Å²) in [6.45, 7) is 0. The Labute approximate surface area is 93.4 Å². The topological polar surface area (TPSA) is 12.9 Å². The summed E-state index contributed by atoms with van der Waals surface area (Å²) in [6.07, 6.45) is 1.90. The van der Waals surface area contributed by atoms with Gasteiger partial charge >= 0.3 is 0 Å². The Hall–Kier alpha value is -0.410. The van der Waals surface area contributed by atoms with Crippen molar-refractivity contribution in [3.8, 4) is 0 Å². The number of rotatable bonds is 1. The molecule has 0 unspecified atom stereocenters. The fraction of sp³-hybridized carbons (Fsp3) is 0.100. The van der Waals surface area contributed by atoms with Crippen LogP contribution in [0.3, 0.4) is 0 Å². The van der Waals surface area contributed by atoms with Crippen LogP contribution in [0.1, 0.15) is 5.69 Å². The molecule has 1 aromatic heterocycles. The molecule has 0 atom stereocenters. The fourth-order valence-electron chi connectivity index (χ4n) is 1.26. The second kappa shape index (κ2) is 3.76. The Morgan fingerprint density at radius 1 is 1.23 bits per heavy atom. The molecule has 0 amide bonds. The first-order valence-corrected chi connectivity index (χ1v) is 5.82. The molecule has 0 aliphatic carbocycles. The molecular weight excluding hydrogens is 294 g/mol. The SMILES string of the molecule is BrCc1ncc2ccccc2c1Br. The number of hydrogen-bond acceptors (Lipinski definition) is 1. The van der Waals surface area contributed by atoms with E-state index in [0.717, 1.165) is 15.5 Å². The maximum absolute atomic E-state index is 4.33. The van der Waals surface area contributed by atoms with E-state index >= 15 is 0 Å². The summed E-state index contributed by atoms with van der Waals surface area (Å²) in [4.78, 5) is 4.33. The number of benzene rings is 1. The molecular formula is C10H7Br2N. The second-order valence-corrected chi connectivity index (χ2v) is 4.09. The van der Waals surface area contributed by atoms with Crippen LogP contribution in [-0.2, 0) is 5.33 Å². The van der Waals surface area contributed by atoms with E-state index in [4.69, 9.17) is 0 Å². The lowest BCUT2D eigenvalue weighted by atomic mass is 10.1. The maximum Gasteiger partial charge on any atom is 0.0657 e. The number of hydrogen-bond donors (Lipinski definition) is 0. The van der Waals surface area contributed by atoms with Crippen LogP contribution in [0.25, 0.3) is 10.8 Å². The molecule has 0 saturated heterocycles. The highest BCUT2D eigenvalue weighted by molar-refractivity contribution is 9.11. The van der Waals surface area contributed by atoms with Gasteiger partial charge in [0, 0.05) is 21.4 Å². The molecule has 0 aliphatic heterocycles. The lowest BCUT2D eigenvalue weighted by Crippen LogP contribution is -1.87. The van der Waals surface area contributed by atoms with E-state index in [1.165, 1.54) is 10.8 Å². The van der Waals surface area contributed by atoms with E-state index in [-0.39, 0.29) is 0 Å². The van der Waals surface area contributed by atoms with E-state index in [2.05, 4.69) is 49.0 Å². The summed E-state index contributed by atoms with van der Waals surface area (Å²) in [6, 6.07) is 8.20. The molecule has 0 aliphatic rings. The van der Waals surface area contributed by atoms with Crippen LogP contribution >= 0.6 is 31.9 Å². The van der Waals surface area contributed by atoms with Gasteiger partial charge in [0.25, 0.3) is 0 Å². The summed E-state index contributed by atoms with van der Waals surface area (Å²) in [7, 11) is 0.